The summed E-state index contributed by atoms with van der Waals surface area (Å²) in [5.74, 6) is 2.75. The lowest BCUT2D eigenvalue weighted by Gasteiger charge is -2.15. The average molecular weight is 155 g/mol. The first kappa shape index (κ1) is 9.05. The summed E-state index contributed by atoms with van der Waals surface area (Å²) in [4.78, 5) is 2.46. The van der Waals surface area contributed by atoms with Gasteiger partial charge in [0.1, 0.15) is 0 Å². The minimum absolute atomic E-state index is 0.869. The lowest BCUT2D eigenvalue weighted by Crippen LogP contribution is -2.14. The number of hydrogen-bond acceptors (Lipinski definition) is 1. The Morgan fingerprint density at radius 3 is 2.36 bits per heavy atom. The van der Waals surface area contributed by atoms with Gasteiger partial charge in [0.2, 0.25) is 0 Å². The van der Waals surface area contributed by atoms with Crippen molar-refractivity contribution >= 4 is 0 Å². The van der Waals surface area contributed by atoms with Crippen molar-refractivity contribution < 1.29 is 0 Å². The monoisotopic (exact) mass is 155 g/mol. The Balaban J connectivity index is 2.34. The summed E-state index contributed by atoms with van der Waals surface area (Å²) in [5, 5.41) is 0. The fraction of sp³-hybridized carbons (Fsp3) is 1.00. The van der Waals surface area contributed by atoms with Gasteiger partial charge in [0, 0.05) is 13.1 Å². The van der Waals surface area contributed by atoms with E-state index in [1.165, 1.54) is 19.5 Å². The van der Waals surface area contributed by atoms with E-state index in [4.69, 9.17) is 0 Å². The summed E-state index contributed by atoms with van der Waals surface area (Å²) in [6.07, 6.45) is 1.41. The second kappa shape index (κ2) is 3.57. The van der Waals surface area contributed by atoms with Crippen molar-refractivity contribution in [1.82, 2.24) is 4.90 Å². The molecule has 1 heteroatoms. The molecular formula is C10H21N. The van der Waals surface area contributed by atoms with Gasteiger partial charge in [-0.05, 0) is 31.2 Å². The molecule has 1 rings (SSSR count). The smallest absolute Gasteiger partial charge is 0.000985 e. The molecular weight excluding hydrogens is 134 g/mol. The van der Waals surface area contributed by atoms with Crippen LogP contribution < -0.4 is 0 Å². The zero-order valence-corrected chi connectivity index (χ0v) is 8.30. The van der Waals surface area contributed by atoms with Crippen LogP contribution in [0.2, 0.25) is 0 Å². The van der Waals surface area contributed by atoms with Gasteiger partial charge in [-0.1, -0.05) is 20.8 Å². The van der Waals surface area contributed by atoms with Crippen molar-refractivity contribution in [1.29, 1.82) is 0 Å². The Morgan fingerprint density at radius 1 is 1.36 bits per heavy atom. The SMILES string of the molecule is CC(C)CC1CN(C)CC1C. The molecule has 1 saturated heterocycles. The van der Waals surface area contributed by atoms with Gasteiger partial charge >= 0.3 is 0 Å². The van der Waals surface area contributed by atoms with Gasteiger partial charge in [0.15, 0.2) is 0 Å². The highest BCUT2D eigenvalue weighted by molar-refractivity contribution is 4.79. The molecule has 66 valence electrons. The number of rotatable bonds is 2. The van der Waals surface area contributed by atoms with Crippen LogP contribution in [0.15, 0.2) is 0 Å². The van der Waals surface area contributed by atoms with E-state index in [-0.39, 0.29) is 0 Å². The van der Waals surface area contributed by atoms with E-state index < -0.39 is 0 Å². The summed E-state index contributed by atoms with van der Waals surface area (Å²) < 4.78 is 0. The summed E-state index contributed by atoms with van der Waals surface area (Å²) in [6, 6.07) is 0. The third-order valence-corrected chi connectivity index (χ3v) is 2.72. The first-order chi connectivity index (χ1) is 5.09. The van der Waals surface area contributed by atoms with Gasteiger partial charge in [0.05, 0.1) is 0 Å². The molecule has 2 atom stereocenters. The molecule has 0 aromatic heterocycles. The van der Waals surface area contributed by atoms with Crippen LogP contribution in [0.5, 0.6) is 0 Å². The van der Waals surface area contributed by atoms with Crippen molar-refractivity contribution in [3.05, 3.63) is 0 Å². The Morgan fingerprint density at radius 2 is 2.00 bits per heavy atom. The highest BCUT2D eigenvalue weighted by Crippen LogP contribution is 2.27. The second-order valence-corrected chi connectivity index (χ2v) is 4.59. The number of hydrogen-bond donors (Lipinski definition) is 0. The van der Waals surface area contributed by atoms with E-state index in [0.717, 1.165) is 17.8 Å². The van der Waals surface area contributed by atoms with E-state index in [2.05, 4.69) is 32.7 Å². The predicted molar refractivity (Wildman–Crippen MR) is 49.6 cm³/mol. The molecule has 0 aromatic rings. The Bertz CT molecular complexity index is 120. The Kier molecular flexibility index (Phi) is 2.94. The normalized spacial score (nSPS) is 33.5. The zero-order valence-electron chi connectivity index (χ0n) is 8.30. The minimum atomic E-state index is 0.869. The van der Waals surface area contributed by atoms with Crippen molar-refractivity contribution in [2.45, 2.75) is 27.2 Å². The lowest BCUT2D eigenvalue weighted by atomic mass is 9.89. The van der Waals surface area contributed by atoms with E-state index in [0.29, 0.717) is 0 Å². The van der Waals surface area contributed by atoms with Crippen LogP contribution in [-0.4, -0.2) is 25.0 Å². The molecule has 0 N–H and O–H groups in total. The van der Waals surface area contributed by atoms with Gasteiger partial charge in [-0.3, -0.25) is 0 Å². The molecule has 0 spiro atoms. The van der Waals surface area contributed by atoms with Crippen LogP contribution in [0.4, 0.5) is 0 Å². The van der Waals surface area contributed by atoms with Crippen LogP contribution in [0.25, 0.3) is 0 Å². The maximum absolute atomic E-state index is 2.46. The first-order valence-corrected chi connectivity index (χ1v) is 4.78. The van der Waals surface area contributed by atoms with Crippen LogP contribution in [0, 0.1) is 17.8 Å². The second-order valence-electron chi connectivity index (χ2n) is 4.59. The fourth-order valence-electron chi connectivity index (χ4n) is 2.21. The quantitative estimate of drug-likeness (QED) is 0.591. The molecule has 0 saturated carbocycles. The standard InChI is InChI=1S/C10H21N/c1-8(2)5-10-7-11(4)6-9(10)3/h8-10H,5-7H2,1-4H3. The summed E-state index contributed by atoms with van der Waals surface area (Å²) in [6.45, 7) is 9.66. The number of likely N-dealkylation sites (tertiary alicyclic amines) is 1. The first-order valence-electron chi connectivity index (χ1n) is 4.78. The molecule has 11 heavy (non-hydrogen) atoms. The molecule has 0 amide bonds. The number of nitrogens with zero attached hydrogens (tertiary/aromatic N) is 1. The van der Waals surface area contributed by atoms with Crippen molar-refractivity contribution in [2.24, 2.45) is 17.8 Å². The fourth-order valence-corrected chi connectivity index (χ4v) is 2.21. The summed E-state index contributed by atoms with van der Waals surface area (Å²) in [5.41, 5.74) is 0. The van der Waals surface area contributed by atoms with Crippen LogP contribution >= 0.6 is 0 Å². The minimum Gasteiger partial charge on any atom is -0.306 e. The van der Waals surface area contributed by atoms with Crippen molar-refractivity contribution in [3.63, 3.8) is 0 Å². The molecule has 1 aliphatic rings. The largest absolute Gasteiger partial charge is 0.306 e. The molecule has 1 nitrogen and oxygen atoms in total. The van der Waals surface area contributed by atoms with Gasteiger partial charge in [-0.25, -0.2) is 0 Å². The third kappa shape index (κ3) is 2.48. The van der Waals surface area contributed by atoms with Crippen molar-refractivity contribution in [2.75, 3.05) is 20.1 Å². The highest BCUT2D eigenvalue weighted by Gasteiger charge is 2.27. The van der Waals surface area contributed by atoms with Gasteiger partial charge < -0.3 is 4.90 Å². The lowest BCUT2D eigenvalue weighted by molar-refractivity contribution is 0.353. The summed E-state index contributed by atoms with van der Waals surface area (Å²) >= 11 is 0. The molecule has 1 aliphatic heterocycles. The molecule has 0 aliphatic carbocycles. The average Bonchev–Trinajstić information content (AvgIpc) is 2.09. The van der Waals surface area contributed by atoms with E-state index in [1.54, 1.807) is 0 Å². The van der Waals surface area contributed by atoms with Crippen LogP contribution in [0.3, 0.4) is 0 Å². The van der Waals surface area contributed by atoms with E-state index >= 15 is 0 Å². The molecule has 1 fully saturated rings. The third-order valence-electron chi connectivity index (χ3n) is 2.72. The Labute approximate surface area is 70.8 Å². The highest BCUT2D eigenvalue weighted by atomic mass is 15.1. The molecule has 0 aromatic carbocycles. The van der Waals surface area contributed by atoms with Crippen LogP contribution in [-0.2, 0) is 0 Å². The topological polar surface area (TPSA) is 3.24 Å². The molecule has 0 bridgehead atoms. The van der Waals surface area contributed by atoms with Gasteiger partial charge in [-0.2, -0.15) is 0 Å². The van der Waals surface area contributed by atoms with Crippen molar-refractivity contribution in [3.8, 4) is 0 Å². The Hall–Kier alpha value is -0.0400. The van der Waals surface area contributed by atoms with E-state index in [1.807, 2.05) is 0 Å². The predicted octanol–water partition coefficient (Wildman–Crippen LogP) is 2.23. The maximum atomic E-state index is 2.46. The molecule has 0 radical (unpaired) electrons. The van der Waals surface area contributed by atoms with Gasteiger partial charge in [-0.15, -0.1) is 0 Å². The van der Waals surface area contributed by atoms with E-state index in [9.17, 15) is 0 Å². The maximum Gasteiger partial charge on any atom is 0.000985 e. The van der Waals surface area contributed by atoms with Crippen LogP contribution in [0.1, 0.15) is 27.2 Å². The zero-order chi connectivity index (χ0) is 8.43. The summed E-state index contributed by atoms with van der Waals surface area (Å²) in [7, 11) is 2.23. The molecule has 2 unspecified atom stereocenters. The molecule has 1 heterocycles. The van der Waals surface area contributed by atoms with Gasteiger partial charge in [0.25, 0.3) is 0 Å².